The van der Waals surface area contributed by atoms with Gasteiger partial charge in [0.25, 0.3) is 0 Å². The van der Waals surface area contributed by atoms with E-state index in [1.165, 1.54) is 0 Å². The standard InChI is InChI=1S/C17H13BrF2N2O2/c1-17-8-13(11-6-9(18)2-5-15(11)24-17)21-16(23)22(17)14-7-10(19)3-4-12(14)20/h2-7,13H,8H2,1H3,(H,21,23). The minimum Gasteiger partial charge on any atom is -0.467 e. The fraction of sp³-hybridized carbons (Fsp3) is 0.235. The molecule has 2 aromatic rings. The van der Waals surface area contributed by atoms with E-state index in [2.05, 4.69) is 21.2 Å². The van der Waals surface area contributed by atoms with Gasteiger partial charge in [-0.15, -0.1) is 0 Å². The number of nitrogens with zero attached hydrogens (tertiary/aromatic N) is 1. The van der Waals surface area contributed by atoms with E-state index in [4.69, 9.17) is 4.74 Å². The average Bonchev–Trinajstić information content (AvgIpc) is 2.51. The lowest BCUT2D eigenvalue weighted by atomic mass is 9.90. The van der Waals surface area contributed by atoms with Crippen molar-refractivity contribution in [3.63, 3.8) is 0 Å². The zero-order valence-corrected chi connectivity index (χ0v) is 14.2. The third kappa shape index (κ3) is 2.26. The normalized spacial score (nSPS) is 24.9. The summed E-state index contributed by atoms with van der Waals surface area (Å²) in [5, 5.41) is 2.85. The molecule has 2 bridgehead atoms. The zero-order chi connectivity index (χ0) is 17.1. The molecule has 1 saturated heterocycles. The van der Waals surface area contributed by atoms with Crippen molar-refractivity contribution in [2.45, 2.75) is 25.1 Å². The van der Waals surface area contributed by atoms with Crippen molar-refractivity contribution in [1.29, 1.82) is 0 Å². The van der Waals surface area contributed by atoms with Gasteiger partial charge in [0.15, 0.2) is 5.72 Å². The molecule has 0 radical (unpaired) electrons. The number of fused-ring (bicyclic) bond motifs is 4. The number of hydrogen-bond donors (Lipinski definition) is 1. The first-order valence-corrected chi connectivity index (χ1v) is 8.21. The number of hydrogen-bond acceptors (Lipinski definition) is 2. The highest BCUT2D eigenvalue weighted by atomic mass is 79.9. The Bertz CT molecular complexity index is 860. The fourth-order valence-corrected chi connectivity index (χ4v) is 3.75. The lowest BCUT2D eigenvalue weighted by Gasteiger charge is -2.50. The summed E-state index contributed by atoms with van der Waals surface area (Å²) in [7, 11) is 0. The predicted molar refractivity (Wildman–Crippen MR) is 87.9 cm³/mol. The van der Waals surface area contributed by atoms with Crippen molar-refractivity contribution in [1.82, 2.24) is 5.32 Å². The first-order valence-electron chi connectivity index (χ1n) is 7.42. The van der Waals surface area contributed by atoms with E-state index in [1.54, 1.807) is 13.0 Å². The van der Waals surface area contributed by atoms with Crippen LogP contribution in [-0.4, -0.2) is 11.8 Å². The quantitative estimate of drug-likeness (QED) is 0.773. The molecule has 2 heterocycles. The summed E-state index contributed by atoms with van der Waals surface area (Å²) in [5.41, 5.74) is -0.397. The molecule has 0 aromatic heterocycles. The molecule has 1 N–H and O–H groups in total. The number of anilines is 1. The Morgan fingerprint density at radius 2 is 2.08 bits per heavy atom. The molecule has 4 nitrogen and oxygen atoms in total. The van der Waals surface area contributed by atoms with Crippen LogP contribution >= 0.6 is 15.9 Å². The molecule has 4 rings (SSSR count). The van der Waals surface area contributed by atoms with Gasteiger partial charge in [0.1, 0.15) is 17.4 Å². The van der Waals surface area contributed by atoms with Gasteiger partial charge < -0.3 is 10.1 Å². The van der Waals surface area contributed by atoms with E-state index >= 15 is 0 Å². The number of rotatable bonds is 1. The Balaban J connectivity index is 1.83. The number of urea groups is 1. The molecule has 2 atom stereocenters. The second-order valence-corrected chi connectivity index (χ2v) is 7.01. The van der Waals surface area contributed by atoms with Crippen molar-refractivity contribution in [2.75, 3.05) is 4.90 Å². The van der Waals surface area contributed by atoms with Gasteiger partial charge in [0.05, 0.1) is 11.7 Å². The van der Waals surface area contributed by atoms with E-state index < -0.39 is 23.4 Å². The molecule has 124 valence electrons. The van der Waals surface area contributed by atoms with E-state index in [0.717, 1.165) is 33.1 Å². The van der Waals surface area contributed by atoms with E-state index in [9.17, 15) is 13.6 Å². The number of carbonyl (C=O) groups excluding carboxylic acids is 1. The minimum atomic E-state index is -1.11. The van der Waals surface area contributed by atoms with Crippen LogP contribution in [0.2, 0.25) is 0 Å². The van der Waals surface area contributed by atoms with Crippen molar-refractivity contribution >= 4 is 27.6 Å². The number of nitrogens with one attached hydrogen (secondary N) is 1. The van der Waals surface area contributed by atoms with Crippen LogP contribution < -0.4 is 15.0 Å². The molecule has 24 heavy (non-hydrogen) atoms. The Labute approximate surface area is 145 Å². The van der Waals surface area contributed by atoms with Gasteiger partial charge in [-0.2, -0.15) is 0 Å². The second-order valence-electron chi connectivity index (χ2n) is 6.10. The largest absolute Gasteiger partial charge is 0.467 e. The molecular formula is C17H13BrF2N2O2. The molecule has 0 saturated carbocycles. The fourth-order valence-electron chi connectivity index (χ4n) is 3.37. The molecule has 2 aliphatic heterocycles. The summed E-state index contributed by atoms with van der Waals surface area (Å²) in [6, 6.07) is 7.75. The summed E-state index contributed by atoms with van der Waals surface area (Å²) in [4.78, 5) is 13.8. The summed E-state index contributed by atoms with van der Waals surface area (Å²) < 4.78 is 34.7. The van der Waals surface area contributed by atoms with Crippen molar-refractivity contribution in [2.24, 2.45) is 0 Å². The molecule has 0 spiro atoms. The molecule has 2 aliphatic rings. The van der Waals surface area contributed by atoms with Gasteiger partial charge in [-0.05, 0) is 37.3 Å². The highest BCUT2D eigenvalue weighted by Gasteiger charge is 2.50. The number of benzene rings is 2. The monoisotopic (exact) mass is 394 g/mol. The Morgan fingerprint density at radius 1 is 1.29 bits per heavy atom. The van der Waals surface area contributed by atoms with Gasteiger partial charge in [-0.3, -0.25) is 4.90 Å². The van der Waals surface area contributed by atoms with Gasteiger partial charge >= 0.3 is 6.03 Å². The lowest BCUT2D eigenvalue weighted by Crippen LogP contribution is -2.65. The number of amides is 2. The minimum absolute atomic E-state index is 0.144. The zero-order valence-electron chi connectivity index (χ0n) is 12.6. The van der Waals surface area contributed by atoms with E-state index in [1.807, 2.05) is 12.1 Å². The molecule has 2 amide bonds. The van der Waals surface area contributed by atoms with Gasteiger partial charge in [-0.25, -0.2) is 13.6 Å². The molecular weight excluding hydrogens is 382 g/mol. The molecule has 2 unspecified atom stereocenters. The second kappa shape index (κ2) is 5.17. The average molecular weight is 395 g/mol. The van der Waals surface area contributed by atoms with Crippen molar-refractivity contribution in [3.05, 3.63) is 58.1 Å². The van der Waals surface area contributed by atoms with Crippen molar-refractivity contribution < 1.29 is 18.3 Å². The molecule has 7 heteroatoms. The van der Waals surface area contributed by atoms with Crippen LogP contribution in [0.25, 0.3) is 0 Å². The third-order valence-corrected chi connectivity index (χ3v) is 4.88. The highest BCUT2D eigenvalue weighted by Crippen LogP contribution is 2.46. The smallest absolute Gasteiger partial charge is 0.325 e. The van der Waals surface area contributed by atoms with Gasteiger partial charge in [0, 0.05) is 22.5 Å². The molecule has 0 aliphatic carbocycles. The lowest BCUT2D eigenvalue weighted by molar-refractivity contribution is 0.0372. The maximum absolute atomic E-state index is 14.2. The van der Waals surface area contributed by atoms with Crippen LogP contribution in [0.3, 0.4) is 0 Å². The molecule has 2 aromatic carbocycles. The summed E-state index contributed by atoms with van der Waals surface area (Å²) in [6.45, 7) is 1.70. The van der Waals surface area contributed by atoms with Crippen LogP contribution in [-0.2, 0) is 0 Å². The van der Waals surface area contributed by atoms with Crippen molar-refractivity contribution in [3.8, 4) is 5.75 Å². The first kappa shape index (κ1) is 15.4. The highest BCUT2D eigenvalue weighted by molar-refractivity contribution is 9.10. The number of halogens is 3. The van der Waals surface area contributed by atoms with Crippen LogP contribution in [0, 0.1) is 11.6 Å². The van der Waals surface area contributed by atoms with Crippen LogP contribution in [0.4, 0.5) is 19.3 Å². The number of carbonyl (C=O) groups is 1. The topological polar surface area (TPSA) is 41.6 Å². The molecule has 1 fully saturated rings. The van der Waals surface area contributed by atoms with E-state index in [0.29, 0.717) is 12.2 Å². The van der Waals surface area contributed by atoms with Gasteiger partial charge in [-0.1, -0.05) is 15.9 Å². The summed E-state index contributed by atoms with van der Waals surface area (Å²) in [5.74, 6) is -0.694. The SMILES string of the molecule is CC12CC(NC(=O)N1c1cc(F)ccc1F)c1cc(Br)ccc1O2. The summed E-state index contributed by atoms with van der Waals surface area (Å²) >= 11 is 3.40. The van der Waals surface area contributed by atoms with E-state index in [-0.39, 0.29) is 11.7 Å². The Kier molecular flexibility index (Phi) is 3.32. The van der Waals surface area contributed by atoms with Gasteiger partial charge in [0.2, 0.25) is 0 Å². The Morgan fingerprint density at radius 3 is 2.88 bits per heavy atom. The Hall–Kier alpha value is -2.15. The first-order chi connectivity index (χ1) is 11.4. The predicted octanol–water partition coefficient (Wildman–Crippen LogP) is 4.50. The maximum atomic E-state index is 14.2. The van der Waals surface area contributed by atoms with Crippen LogP contribution in [0.1, 0.15) is 24.9 Å². The number of ether oxygens (including phenoxy) is 1. The maximum Gasteiger partial charge on any atom is 0.325 e. The third-order valence-electron chi connectivity index (χ3n) is 4.38. The van der Waals surface area contributed by atoms with Crippen LogP contribution in [0.5, 0.6) is 5.75 Å². The van der Waals surface area contributed by atoms with Crippen LogP contribution in [0.15, 0.2) is 40.9 Å². The summed E-state index contributed by atoms with van der Waals surface area (Å²) in [6.07, 6.45) is 0.415.